The van der Waals surface area contributed by atoms with Gasteiger partial charge in [0.05, 0.1) is 0 Å². The SMILES string of the molecule is CC(C)(C)CCN.CC(C)CC(C)N.CC(C)CCC(C)N.CC(C)CCCN.CCCCC(CC)CN.CCCCCC(C)N.CCCCCCC(C)N.CCCCCCN.NC1CCCC1.NC1CCCCC1.NCC1CCCCC1. The standard InChI is InChI=1S/2C8H19N.C7H15N.2C7H17N.C6H13N.4C6H15N.C5H11N/c1-3-4-5-6-7-8(2)9;1-3-5-6-8(4-2)7-9;8-6-7-4-2-1-3-5-7;1-6(2)4-5-7(3)8;1-3-4-5-6-7(2)8;7-6-4-2-1-3-5-6;1-6(2,3)4-5-7;1-5(2)4-6(3)7;1-6(2)4-3-5-7;1-2-3-4-5-6-7;6-5-3-1-2-4-5/h2*8H,3-7,9H2,1-2H3;7H,1-6,8H2;6-7H,4-5,8H2,1-3H3;7H,3-6,8H2,1-2H3;6H,1-5,7H2;4-5,7H2,1-3H3;5-6H,4,7H2,1-3H3;6H,3-5,7H2,1-2H3;2-7H2,1H3;5H,1-4,6H2. The zero-order chi connectivity index (χ0) is 65.5. The van der Waals surface area contributed by atoms with E-state index in [0.29, 0.717) is 41.7 Å². The van der Waals surface area contributed by atoms with Gasteiger partial charge >= 0.3 is 0 Å². The van der Waals surface area contributed by atoms with Crippen molar-refractivity contribution in [2.75, 3.05) is 32.7 Å². The molecule has 0 aliphatic heterocycles. The maximum absolute atomic E-state index is 5.63. The Labute approximate surface area is 526 Å². The maximum Gasteiger partial charge on any atom is 0.00388 e. The molecule has 0 saturated heterocycles. The Hall–Kier alpha value is -0.440. The van der Waals surface area contributed by atoms with Crippen LogP contribution in [0.5, 0.6) is 0 Å². The molecule has 0 bridgehead atoms. The molecule has 0 aromatic heterocycles. The predicted molar refractivity (Wildman–Crippen MR) is 386 cm³/mol. The van der Waals surface area contributed by atoms with Crippen LogP contribution in [0.3, 0.4) is 0 Å². The maximum atomic E-state index is 5.63. The van der Waals surface area contributed by atoms with Gasteiger partial charge in [0.25, 0.3) is 0 Å². The van der Waals surface area contributed by atoms with Gasteiger partial charge in [0.15, 0.2) is 0 Å². The zero-order valence-corrected chi connectivity index (χ0v) is 60.9. The topological polar surface area (TPSA) is 286 Å². The molecule has 3 aliphatic rings. The van der Waals surface area contributed by atoms with E-state index in [4.69, 9.17) is 63.1 Å². The van der Waals surface area contributed by atoms with Gasteiger partial charge in [0.1, 0.15) is 0 Å². The molecule has 11 nitrogen and oxygen atoms in total. The summed E-state index contributed by atoms with van der Waals surface area (Å²) in [5.74, 6) is 4.03. The molecular formula is C72H171N11. The summed E-state index contributed by atoms with van der Waals surface area (Å²) in [6.45, 7) is 43.5. The second-order valence-corrected chi connectivity index (χ2v) is 28.0. The third-order valence-corrected chi connectivity index (χ3v) is 14.7. The van der Waals surface area contributed by atoms with Gasteiger partial charge in [-0.3, -0.25) is 0 Å². The Morgan fingerprint density at radius 3 is 0.952 bits per heavy atom. The highest BCUT2D eigenvalue weighted by Gasteiger charge is 2.11. The minimum Gasteiger partial charge on any atom is -0.330 e. The minimum atomic E-state index is 0.375. The van der Waals surface area contributed by atoms with Crippen molar-refractivity contribution in [3.8, 4) is 0 Å². The number of hydrogen-bond donors (Lipinski definition) is 11. The van der Waals surface area contributed by atoms with Crippen LogP contribution in [0.15, 0.2) is 0 Å². The average molecular weight is 1190 g/mol. The third kappa shape index (κ3) is 124. The summed E-state index contributed by atoms with van der Waals surface area (Å²) in [5, 5.41) is 0. The molecule has 3 aliphatic carbocycles. The van der Waals surface area contributed by atoms with E-state index in [1.165, 1.54) is 218 Å². The summed E-state index contributed by atoms with van der Waals surface area (Å²) in [4.78, 5) is 0. The Kier molecular flexibility index (Phi) is 97.1. The Bertz CT molecular complexity index is 1010. The molecule has 0 radical (unpaired) electrons. The lowest BCUT2D eigenvalue weighted by Crippen LogP contribution is -2.22. The quantitative estimate of drug-likeness (QED) is 0.0328. The molecule has 0 heterocycles. The van der Waals surface area contributed by atoms with Crippen molar-refractivity contribution in [2.45, 2.75) is 398 Å². The summed E-state index contributed by atoms with van der Waals surface area (Å²) in [6, 6.07) is 2.65. The summed E-state index contributed by atoms with van der Waals surface area (Å²) in [6.07, 6.45) is 48.2. The highest BCUT2D eigenvalue weighted by Crippen LogP contribution is 2.22. The van der Waals surface area contributed by atoms with E-state index in [-0.39, 0.29) is 0 Å². The first-order valence-corrected chi connectivity index (χ1v) is 36.1. The highest BCUT2D eigenvalue weighted by atomic mass is 14.6. The Morgan fingerprint density at radius 2 is 0.735 bits per heavy atom. The Morgan fingerprint density at radius 1 is 0.361 bits per heavy atom. The molecule has 5 unspecified atom stereocenters. The van der Waals surface area contributed by atoms with Gasteiger partial charge in [-0.15, -0.1) is 0 Å². The molecule has 83 heavy (non-hydrogen) atoms. The summed E-state index contributed by atoms with van der Waals surface area (Å²) in [5.41, 5.74) is 60.6. The van der Waals surface area contributed by atoms with Crippen molar-refractivity contribution in [1.29, 1.82) is 0 Å². The molecular weight excluding hydrogens is 1020 g/mol. The van der Waals surface area contributed by atoms with Crippen molar-refractivity contribution in [3.05, 3.63) is 0 Å². The fourth-order valence-corrected chi connectivity index (χ4v) is 8.98. The Balaban J connectivity index is -0.000000124. The van der Waals surface area contributed by atoms with Crippen LogP contribution < -0.4 is 63.1 Å². The second kappa shape index (κ2) is 81.6. The van der Waals surface area contributed by atoms with Gasteiger partial charge in [0.2, 0.25) is 0 Å². The fourth-order valence-electron chi connectivity index (χ4n) is 8.98. The van der Waals surface area contributed by atoms with Crippen LogP contribution in [0.2, 0.25) is 0 Å². The van der Waals surface area contributed by atoms with Gasteiger partial charge in [0, 0.05) is 36.3 Å². The van der Waals surface area contributed by atoms with Crippen LogP contribution in [0.1, 0.15) is 362 Å². The molecule has 514 valence electrons. The molecule has 3 saturated carbocycles. The predicted octanol–water partition coefficient (Wildman–Crippen LogP) is 17.5. The molecule has 0 amide bonds. The first-order valence-electron chi connectivity index (χ1n) is 36.1. The minimum absolute atomic E-state index is 0.375. The third-order valence-electron chi connectivity index (χ3n) is 14.7. The van der Waals surface area contributed by atoms with E-state index >= 15 is 0 Å². The lowest BCUT2D eigenvalue weighted by molar-refractivity contribution is 0.366. The molecule has 0 aromatic rings. The summed E-state index contributed by atoms with van der Waals surface area (Å²) >= 11 is 0. The smallest absolute Gasteiger partial charge is 0.00388 e. The summed E-state index contributed by atoms with van der Waals surface area (Å²) in [7, 11) is 0. The van der Waals surface area contributed by atoms with Gasteiger partial charge < -0.3 is 63.1 Å². The van der Waals surface area contributed by atoms with E-state index in [9.17, 15) is 0 Å². The molecule has 22 N–H and O–H groups in total. The lowest BCUT2D eigenvalue weighted by atomic mass is 9.90. The van der Waals surface area contributed by atoms with Crippen molar-refractivity contribution in [2.24, 2.45) is 98.1 Å². The van der Waals surface area contributed by atoms with Gasteiger partial charge in [-0.2, -0.15) is 0 Å². The highest BCUT2D eigenvalue weighted by molar-refractivity contribution is 4.69. The molecule has 0 aromatic carbocycles. The normalized spacial score (nSPS) is 15.9. The molecule has 0 spiro atoms. The number of nitrogens with two attached hydrogens (primary N) is 11. The van der Waals surface area contributed by atoms with Crippen molar-refractivity contribution in [1.82, 2.24) is 0 Å². The van der Waals surface area contributed by atoms with E-state index in [2.05, 4.69) is 118 Å². The first-order chi connectivity index (χ1) is 39.1. The van der Waals surface area contributed by atoms with Crippen LogP contribution >= 0.6 is 0 Å². The largest absolute Gasteiger partial charge is 0.330 e. The van der Waals surface area contributed by atoms with Crippen LogP contribution in [-0.2, 0) is 0 Å². The molecule has 11 heteroatoms. The first kappa shape index (κ1) is 98.8. The second-order valence-electron chi connectivity index (χ2n) is 28.0. The van der Waals surface area contributed by atoms with Crippen LogP contribution in [0.25, 0.3) is 0 Å². The molecule has 3 rings (SSSR count). The lowest BCUT2D eigenvalue weighted by Gasteiger charge is -2.18. The number of unbranched alkanes of at least 4 members (excludes halogenated alkanes) is 9. The van der Waals surface area contributed by atoms with E-state index < -0.39 is 0 Å². The van der Waals surface area contributed by atoms with Crippen LogP contribution in [0.4, 0.5) is 0 Å². The zero-order valence-electron chi connectivity index (χ0n) is 60.9. The van der Waals surface area contributed by atoms with Crippen molar-refractivity contribution >= 4 is 0 Å². The van der Waals surface area contributed by atoms with Crippen LogP contribution in [-0.4, -0.2) is 69.0 Å². The van der Waals surface area contributed by atoms with Gasteiger partial charge in [-0.25, -0.2) is 0 Å². The summed E-state index contributed by atoms with van der Waals surface area (Å²) < 4.78 is 0. The van der Waals surface area contributed by atoms with Gasteiger partial charge in [-0.1, -0.05) is 232 Å². The van der Waals surface area contributed by atoms with Crippen molar-refractivity contribution in [3.63, 3.8) is 0 Å². The number of rotatable bonds is 28. The van der Waals surface area contributed by atoms with E-state index in [1.54, 1.807) is 0 Å². The monoisotopic (exact) mass is 1190 g/mol. The van der Waals surface area contributed by atoms with Crippen molar-refractivity contribution < 1.29 is 0 Å². The van der Waals surface area contributed by atoms with Crippen LogP contribution in [0, 0.1) is 35.0 Å². The number of hydrogen-bond acceptors (Lipinski definition) is 11. The fraction of sp³-hybridized carbons (Fsp3) is 1.00. The average Bonchev–Trinajstić information content (AvgIpc) is 3.91. The van der Waals surface area contributed by atoms with E-state index in [0.717, 1.165) is 81.6 Å². The molecule has 3 fully saturated rings. The molecule has 5 atom stereocenters. The van der Waals surface area contributed by atoms with Gasteiger partial charge in [-0.05, 0) is 198 Å². The van der Waals surface area contributed by atoms with E-state index in [1.807, 2.05) is 6.92 Å².